The summed E-state index contributed by atoms with van der Waals surface area (Å²) in [5.74, 6) is 0.101. The average Bonchev–Trinajstić information content (AvgIpc) is 2.63. The Hall–Kier alpha value is -0.390. The van der Waals surface area contributed by atoms with Crippen LogP contribution in [0.15, 0.2) is 0 Å². The number of hydrogen-bond acceptors (Lipinski definition) is 4. The first-order valence-corrected chi connectivity index (χ1v) is 6.86. The zero-order chi connectivity index (χ0) is 12.8. The lowest BCUT2D eigenvalue weighted by Crippen LogP contribution is -2.25. The molecule has 1 aromatic rings. The number of carbonyl (C=O) groups excluding carboxylic acids is 1. The molecule has 2 rings (SSSR count). The van der Waals surface area contributed by atoms with Crippen molar-refractivity contribution < 1.29 is 4.79 Å². The van der Waals surface area contributed by atoms with Crippen molar-refractivity contribution in [1.29, 1.82) is 0 Å². The molecule has 1 N–H and O–H groups in total. The van der Waals surface area contributed by atoms with Crippen molar-refractivity contribution in [2.75, 3.05) is 5.32 Å². The van der Waals surface area contributed by atoms with Crippen LogP contribution in [0, 0.1) is 5.41 Å². The van der Waals surface area contributed by atoms with Gasteiger partial charge in [0.05, 0.1) is 5.41 Å². The van der Waals surface area contributed by atoms with Crippen molar-refractivity contribution in [2.24, 2.45) is 5.41 Å². The molecule has 0 aromatic carbocycles. The van der Waals surface area contributed by atoms with Crippen molar-refractivity contribution in [3.05, 3.63) is 5.01 Å². The van der Waals surface area contributed by atoms with Gasteiger partial charge in [-0.15, -0.1) is 33.4 Å². The summed E-state index contributed by atoms with van der Waals surface area (Å²) in [5, 5.41) is 12.0. The molecule has 0 radical (unpaired) electrons. The molecule has 4 nitrogen and oxygen atoms in total. The van der Waals surface area contributed by atoms with Gasteiger partial charge < -0.3 is 0 Å². The summed E-state index contributed by atoms with van der Waals surface area (Å²) in [7, 11) is 0. The molecule has 1 atom stereocenters. The minimum atomic E-state index is -0.956. The first kappa shape index (κ1) is 13.1. The number of hydrogen-bond donors (Lipinski definition) is 1. The fourth-order valence-corrected chi connectivity index (χ4v) is 2.85. The standard InChI is InChI=1S/C10H13Cl2N3OS/c1-5(2)6-14-15-8(17-6)13-7(16)9(3)4-10(9,11)12/h5H,4H2,1-3H3,(H,13,15,16). The van der Waals surface area contributed by atoms with Gasteiger partial charge >= 0.3 is 0 Å². The zero-order valence-electron chi connectivity index (χ0n) is 9.75. The molecule has 7 heteroatoms. The first-order chi connectivity index (χ1) is 7.76. The fourth-order valence-electron chi connectivity index (χ4n) is 1.40. The van der Waals surface area contributed by atoms with E-state index in [1.807, 2.05) is 13.8 Å². The lowest BCUT2D eigenvalue weighted by atomic mass is 10.1. The lowest BCUT2D eigenvalue weighted by molar-refractivity contribution is -0.120. The molecule has 1 aromatic heterocycles. The third-order valence-electron chi connectivity index (χ3n) is 2.91. The van der Waals surface area contributed by atoms with E-state index in [0.717, 1.165) is 5.01 Å². The third-order valence-corrected chi connectivity index (χ3v) is 5.15. The minimum absolute atomic E-state index is 0.200. The maximum atomic E-state index is 12.0. The van der Waals surface area contributed by atoms with Crippen molar-refractivity contribution in [1.82, 2.24) is 10.2 Å². The topological polar surface area (TPSA) is 54.9 Å². The van der Waals surface area contributed by atoms with E-state index in [-0.39, 0.29) is 5.91 Å². The summed E-state index contributed by atoms with van der Waals surface area (Å²) < 4.78 is -0.956. The summed E-state index contributed by atoms with van der Waals surface area (Å²) in [4.78, 5) is 12.0. The van der Waals surface area contributed by atoms with Crippen LogP contribution in [0.2, 0.25) is 0 Å². The molecule has 1 heterocycles. The van der Waals surface area contributed by atoms with Crippen LogP contribution in [-0.4, -0.2) is 20.4 Å². The van der Waals surface area contributed by atoms with E-state index in [0.29, 0.717) is 17.5 Å². The maximum Gasteiger partial charge on any atom is 0.235 e. The van der Waals surface area contributed by atoms with Gasteiger partial charge in [-0.05, 0) is 13.3 Å². The van der Waals surface area contributed by atoms with E-state index in [1.54, 1.807) is 6.92 Å². The number of aromatic nitrogens is 2. The Kier molecular flexibility index (Phi) is 3.13. The van der Waals surface area contributed by atoms with Crippen LogP contribution in [0.25, 0.3) is 0 Å². The molecule has 0 saturated heterocycles. The predicted molar refractivity (Wildman–Crippen MR) is 69.8 cm³/mol. The quantitative estimate of drug-likeness (QED) is 0.871. The fraction of sp³-hybridized carbons (Fsp3) is 0.700. The number of amides is 1. The number of halogens is 2. The van der Waals surface area contributed by atoms with Crippen LogP contribution in [0.3, 0.4) is 0 Å². The summed E-state index contributed by atoms with van der Waals surface area (Å²) >= 11 is 13.2. The highest BCUT2D eigenvalue weighted by molar-refractivity contribution is 7.15. The van der Waals surface area contributed by atoms with Crippen LogP contribution in [0.1, 0.15) is 38.1 Å². The Morgan fingerprint density at radius 1 is 1.47 bits per heavy atom. The van der Waals surface area contributed by atoms with E-state index in [9.17, 15) is 4.79 Å². The Balaban J connectivity index is 2.04. The number of nitrogens with zero attached hydrogens (tertiary/aromatic N) is 2. The molecule has 0 bridgehead atoms. The van der Waals surface area contributed by atoms with Gasteiger partial charge in [0.15, 0.2) is 0 Å². The molecule has 94 valence electrons. The second-order valence-electron chi connectivity index (χ2n) is 4.77. The average molecular weight is 294 g/mol. The molecular weight excluding hydrogens is 281 g/mol. The molecule has 17 heavy (non-hydrogen) atoms. The van der Waals surface area contributed by atoms with Gasteiger partial charge in [-0.1, -0.05) is 25.2 Å². The number of carbonyl (C=O) groups is 1. The van der Waals surface area contributed by atoms with Gasteiger partial charge in [-0.25, -0.2) is 0 Å². The van der Waals surface area contributed by atoms with Gasteiger partial charge in [0.2, 0.25) is 11.0 Å². The van der Waals surface area contributed by atoms with Crippen LogP contribution in [0.4, 0.5) is 5.13 Å². The van der Waals surface area contributed by atoms with Crippen molar-refractivity contribution >= 4 is 45.6 Å². The molecular formula is C10H13Cl2N3OS. The molecule has 1 saturated carbocycles. The Morgan fingerprint density at radius 2 is 2.06 bits per heavy atom. The number of alkyl halides is 2. The van der Waals surface area contributed by atoms with Gasteiger partial charge in [0, 0.05) is 5.92 Å². The number of rotatable bonds is 3. The summed E-state index contributed by atoms with van der Waals surface area (Å²) in [6, 6.07) is 0. The molecule has 1 fully saturated rings. The van der Waals surface area contributed by atoms with E-state index in [4.69, 9.17) is 23.2 Å². The number of nitrogens with one attached hydrogen (secondary N) is 1. The van der Waals surface area contributed by atoms with E-state index in [1.165, 1.54) is 11.3 Å². The second kappa shape index (κ2) is 4.07. The summed E-state index contributed by atoms with van der Waals surface area (Å²) in [6.07, 6.45) is 0.463. The Bertz CT molecular complexity index is 460. The summed E-state index contributed by atoms with van der Waals surface area (Å²) in [5.41, 5.74) is -0.722. The highest BCUT2D eigenvalue weighted by Crippen LogP contribution is 2.64. The smallest absolute Gasteiger partial charge is 0.235 e. The Morgan fingerprint density at radius 3 is 2.47 bits per heavy atom. The zero-order valence-corrected chi connectivity index (χ0v) is 12.1. The highest BCUT2D eigenvalue weighted by Gasteiger charge is 2.68. The van der Waals surface area contributed by atoms with Crippen LogP contribution < -0.4 is 5.32 Å². The van der Waals surface area contributed by atoms with E-state index in [2.05, 4.69) is 15.5 Å². The first-order valence-electron chi connectivity index (χ1n) is 5.29. The molecule has 1 aliphatic rings. The highest BCUT2D eigenvalue weighted by atomic mass is 35.5. The third kappa shape index (κ3) is 2.28. The largest absolute Gasteiger partial charge is 0.300 e. The molecule has 0 aliphatic heterocycles. The SMILES string of the molecule is CC(C)c1nnc(NC(=O)C2(C)CC2(Cl)Cl)s1. The van der Waals surface area contributed by atoms with Crippen molar-refractivity contribution in [3.63, 3.8) is 0 Å². The second-order valence-corrected chi connectivity index (χ2v) is 7.26. The normalized spacial score (nSPS) is 26.0. The molecule has 1 aliphatic carbocycles. The van der Waals surface area contributed by atoms with E-state index >= 15 is 0 Å². The van der Waals surface area contributed by atoms with Gasteiger partial charge in [-0.2, -0.15) is 0 Å². The monoisotopic (exact) mass is 293 g/mol. The van der Waals surface area contributed by atoms with Gasteiger partial charge in [0.25, 0.3) is 0 Å². The van der Waals surface area contributed by atoms with Gasteiger partial charge in [0.1, 0.15) is 9.34 Å². The molecule has 0 spiro atoms. The molecule has 1 amide bonds. The van der Waals surface area contributed by atoms with Crippen molar-refractivity contribution in [3.8, 4) is 0 Å². The summed E-state index contributed by atoms with van der Waals surface area (Å²) in [6.45, 7) is 5.79. The predicted octanol–water partition coefficient (Wildman–Crippen LogP) is 3.18. The lowest BCUT2D eigenvalue weighted by Gasteiger charge is -2.09. The minimum Gasteiger partial charge on any atom is -0.300 e. The van der Waals surface area contributed by atoms with Gasteiger partial charge in [-0.3, -0.25) is 10.1 Å². The van der Waals surface area contributed by atoms with Crippen LogP contribution >= 0.6 is 34.5 Å². The number of anilines is 1. The molecule has 1 unspecified atom stereocenters. The van der Waals surface area contributed by atoms with Crippen LogP contribution in [-0.2, 0) is 4.79 Å². The Labute approximate surface area is 114 Å². The van der Waals surface area contributed by atoms with E-state index < -0.39 is 9.75 Å². The van der Waals surface area contributed by atoms with Crippen LogP contribution in [0.5, 0.6) is 0 Å². The maximum absolute atomic E-state index is 12.0. The van der Waals surface area contributed by atoms with Crippen molar-refractivity contribution in [2.45, 2.75) is 37.4 Å².